The molecule has 14 nitrogen and oxygen atoms in total. The Kier molecular flexibility index (Phi) is 16.4. The average molecular weight is 944 g/mol. The van der Waals surface area contributed by atoms with E-state index >= 15 is 0 Å². The van der Waals surface area contributed by atoms with Gasteiger partial charge in [0.15, 0.2) is 5.78 Å². The summed E-state index contributed by atoms with van der Waals surface area (Å²) in [6, 6.07) is 46.6. The molecule has 0 fully saturated rings. The normalized spacial score (nSPS) is 10.8. The van der Waals surface area contributed by atoms with Gasteiger partial charge in [0.25, 0.3) is 11.1 Å². The third-order valence-electron chi connectivity index (χ3n) is 11.9. The highest BCUT2D eigenvalue weighted by molar-refractivity contribution is 5.81. The number of nitrogens with zero attached hydrogens (tertiary/aromatic N) is 6. The van der Waals surface area contributed by atoms with Crippen molar-refractivity contribution >= 4 is 33.6 Å². The molecule has 10 rings (SSSR count). The van der Waals surface area contributed by atoms with Crippen molar-refractivity contribution in [3.8, 4) is 22.5 Å². The van der Waals surface area contributed by atoms with Crippen LogP contribution in [0.5, 0.6) is 0 Å². The Morgan fingerprint density at radius 1 is 0.521 bits per heavy atom. The van der Waals surface area contributed by atoms with Crippen LogP contribution in [0.15, 0.2) is 192 Å². The topological polar surface area (TPSA) is 208 Å². The van der Waals surface area contributed by atoms with E-state index < -0.39 is 5.97 Å². The first kappa shape index (κ1) is 48.6. The SMILES string of the molecule is NCc1cc2cnccc2[nH]1.O=C(CCc1cc2cnccc2[nH]1)Cn1c(-c2ccccc2)cnc(CCc2ccccc2)c1=O.O=C(O)Cn1c(-c2ccccc2)cnc(CCc2ccccc2)c1=O. The largest absolute Gasteiger partial charge is 0.480 e. The second-order valence-electron chi connectivity index (χ2n) is 16.8. The fourth-order valence-electron chi connectivity index (χ4n) is 8.18. The number of carboxylic acids is 1. The summed E-state index contributed by atoms with van der Waals surface area (Å²) in [6.07, 6.45) is 13.7. The molecule has 4 aromatic carbocycles. The fourth-order valence-corrected chi connectivity index (χ4v) is 8.18. The summed E-state index contributed by atoms with van der Waals surface area (Å²) in [5.41, 5.74) is 15.0. The second kappa shape index (κ2) is 23.9. The van der Waals surface area contributed by atoms with Gasteiger partial charge in [0.2, 0.25) is 0 Å². The van der Waals surface area contributed by atoms with E-state index in [0.29, 0.717) is 61.4 Å². The summed E-state index contributed by atoms with van der Waals surface area (Å²) >= 11 is 0. The fraction of sp³-hybridized carbons (Fsp3) is 0.158. The van der Waals surface area contributed by atoms with E-state index in [1.54, 1.807) is 35.6 Å². The number of H-pyrrole nitrogens is 2. The molecule has 0 aliphatic rings. The molecule has 10 aromatic rings. The molecule has 356 valence electrons. The van der Waals surface area contributed by atoms with Gasteiger partial charge in [0.1, 0.15) is 17.9 Å². The third-order valence-corrected chi connectivity index (χ3v) is 11.9. The van der Waals surface area contributed by atoms with Gasteiger partial charge in [-0.2, -0.15) is 0 Å². The zero-order valence-corrected chi connectivity index (χ0v) is 39.0. The van der Waals surface area contributed by atoms with Gasteiger partial charge >= 0.3 is 5.97 Å². The minimum absolute atomic E-state index is 0.00118. The highest BCUT2D eigenvalue weighted by Gasteiger charge is 2.17. The molecule has 0 atom stereocenters. The minimum Gasteiger partial charge on any atom is -0.480 e. The van der Waals surface area contributed by atoms with Gasteiger partial charge in [-0.05, 0) is 78.6 Å². The summed E-state index contributed by atoms with van der Waals surface area (Å²) < 4.78 is 2.87. The number of aromatic amines is 2. The molecule has 0 saturated carbocycles. The van der Waals surface area contributed by atoms with Crippen LogP contribution in [-0.4, -0.2) is 55.9 Å². The first-order valence-corrected chi connectivity index (χ1v) is 23.3. The van der Waals surface area contributed by atoms with Gasteiger partial charge < -0.3 is 20.8 Å². The summed E-state index contributed by atoms with van der Waals surface area (Å²) in [5, 5.41) is 11.3. The number of hydrogen-bond acceptors (Lipinski definition) is 9. The summed E-state index contributed by atoms with van der Waals surface area (Å²) in [5.74, 6) is -1.05. The van der Waals surface area contributed by atoms with Gasteiger partial charge in [0, 0.05) is 70.9 Å². The van der Waals surface area contributed by atoms with E-state index in [0.717, 1.165) is 61.9 Å². The molecule has 0 radical (unpaired) electrons. The predicted molar refractivity (Wildman–Crippen MR) is 277 cm³/mol. The van der Waals surface area contributed by atoms with Gasteiger partial charge in [-0.1, -0.05) is 121 Å². The maximum absolute atomic E-state index is 13.4. The van der Waals surface area contributed by atoms with Crippen molar-refractivity contribution in [1.29, 1.82) is 0 Å². The number of nitrogens with one attached hydrogen (secondary N) is 2. The smallest absolute Gasteiger partial charge is 0.323 e. The number of nitrogens with two attached hydrogens (primary N) is 1. The van der Waals surface area contributed by atoms with Crippen LogP contribution in [0.2, 0.25) is 0 Å². The number of aromatic nitrogens is 8. The van der Waals surface area contributed by atoms with Crippen LogP contribution in [0.3, 0.4) is 0 Å². The van der Waals surface area contributed by atoms with Crippen molar-refractivity contribution in [2.75, 3.05) is 0 Å². The number of fused-ring (bicyclic) bond motifs is 2. The summed E-state index contributed by atoms with van der Waals surface area (Å²) in [7, 11) is 0. The number of hydrogen-bond donors (Lipinski definition) is 4. The van der Waals surface area contributed by atoms with Crippen LogP contribution >= 0.6 is 0 Å². The van der Waals surface area contributed by atoms with Crippen LogP contribution < -0.4 is 16.9 Å². The highest BCUT2D eigenvalue weighted by Crippen LogP contribution is 2.20. The molecule has 0 aliphatic carbocycles. The van der Waals surface area contributed by atoms with E-state index in [9.17, 15) is 24.3 Å². The molecule has 0 amide bonds. The molecule has 71 heavy (non-hydrogen) atoms. The van der Waals surface area contributed by atoms with Crippen molar-refractivity contribution in [1.82, 2.24) is 39.0 Å². The number of rotatable bonds is 16. The number of ketones is 1. The van der Waals surface area contributed by atoms with Gasteiger partial charge in [-0.15, -0.1) is 0 Å². The Morgan fingerprint density at radius 2 is 0.958 bits per heavy atom. The third kappa shape index (κ3) is 13.0. The van der Waals surface area contributed by atoms with Crippen molar-refractivity contribution in [2.45, 2.75) is 58.2 Å². The second-order valence-corrected chi connectivity index (χ2v) is 16.8. The van der Waals surface area contributed by atoms with Crippen LogP contribution in [0.25, 0.3) is 44.3 Å². The standard InChI is InChI=1S/C29H26N4O2.C20H18N2O3.C8H9N3/c34-25(13-12-24-17-23-18-30-16-15-26(23)32-24)20-33-28(22-9-5-2-6-10-22)19-31-27(29(33)35)14-11-21-7-3-1-4-8-21;23-19(24)14-22-18(16-9-5-2-6-10-16)13-21-17(20(22)25)12-11-15-7-3-1-4-8-15;9-4-7-3-6-5-10-2-1-8(6)11-7/h1-10,15-19,32H,11-14,20H2;1-10,13H,11-12,14H2,(H,23,24);1-3,5,11H,4,9H2. The number of carbonyl (C=O) groups excluding carboxylic acids is 1. The zero-order chi connectivity index (χ0) is 49.4. The Hall–Kier alpha value is -8.88. The van der Waals surface area contributed by atoms with E-state index in [1.165, 1.54) is 4.57 Å². The molecule has 0 aliphatic heterocycles. The van der Waals surface area contributed by atoms with Crippen LogP contribution in [-0.2, 0) is 61.3 Å². The number of benzene rings is 4. The first-order valence-electron chi connectivity index (χ1n) is 23.3. The Labute approximate surface area is 409 Å². The Morgan fingerprint density at radius 3 is 1.41 bits per heavy atom. The molecule has 6 aromatic heterocycles. The van der Waals surface area contributed by atoms with Crippen molar-refractivity contribution in [3.05, 3.63) is 237 Å². The molecule has 14 heteroatoms. The molecule has 0 spiro atoms. The number of Topliss-reactive ketones (excluding diaryl/α,β-unsaturated/α-hetero) is 1. The molecule has 5 N–H and O–H groups in total. The van der Waals surface area contributed by atoms with Crippen molar-refractivity contribution in [3.63, 3.8) is 0 Å². The minimum atomic E-state index is -1.06. The maximum Gasteiger partial charge on any atom is 0.323 e. The number of aryl methyl sites for hydroxylation is 5. The highest BCUT2D eigenvalue weighted by atomic mass is 16.4. The van der Waals surface area contributed by atoms with Crippen molar-refractivity contribution in [2.24, 2.45) is 5.73 Å². The Balaban J connectivity index is 0.000000162. The lowest BCUT2D eigenvalue weighted by Gasteiger charge is -2.14. The Bertz CT molecular complexity index is 3400. The first-order chi connectivity index (χ1) is 34.7. The molecule has 0 unspecified atom stereocenters. The summed E-state index contributed by atoms with van der Waals surface area (Å²) in [4.78, 5) is 73.9. The number of carboxylic acid groups (broad SMARTS) is 1. The van der Waals surface area contributed by atoms with E-state index in [4.69, 9.17) is 5.73 Å². The number of carbonyl (C=O) groups is 2. The van der Waals surface area contributed by atoms with Gasteiger partial charge in [-0.3, -0.25) is 48.2 Å². The lowest BCUT2D eigenvalue weighted by atomic mass is 10.1. The van der Waals surface area contributed by atoms with Crippen molar-refractivity contribution < 1.29 is 14.7 Å². The average Bonchev–Trinajstić information content (AvgIpc) is 4.04. The van der Waals surface area contributed by atoms with Crippen LogP contribution in [0.4, 0.5) is 0 Å². The summed E-state index contributed by atoms with van der Waals surface area (Å²) in [6.45, 7) is 0.185. The number of pyridine rings is 2. The van der Waals surface area contributed by atoms with E-state index in [2.05, 4.69) is 29.9 Å². The van der Waals surface area contributed by atoms with Gasteiger partial charge in [0.05, 0.1) is 30.3 Å². The lowest BCUT2D eigenvalue weighted by molar-refractivity contribution is -0.137. The molecular weight excluding hydrogens is 891 g/mol. The molecule has 6 heterocycles. The van der Waals surface area contributed by atoms with Crippen LogP contribution in [0, 0.1) is 0 Å². The monoisotopic (exact) mass is 943 g/mol. The molecular formula is C57H53N9O5. The van der Waals surface area contributed by atoms with Gasteiger partial charge in [-0.25, -0.2) is 0 Å². The maximum atomic E-state index is 13.4. The lowest BCUT2D eigenvalue weighted by Crippen LogP contribution is -2.30. The predicted octanol–water partition coefficient (Wildman–Crippen LogP) is 8.58. The van der Waals surface area contributed by atoms with Crippen LogP contribution in [0.1, 0.15) is 40.3 Å². The quantitative estimate of drug-likeness (QED) is 0.0726. The zero-order valence-electron chi connectivity index (χ0n) is 39.0. The van der Waals surface area contributed by atoms with E-state index in [1.807, 2.05) is 152 Å². The molecule has 0 saturated heterocycles. The van der Waals surface area contributed by atoms with E-state index in [-0.39, 0.29) is 30.0 Å². The molecule has 0 bridgehead atoms. The number of aliphatic carboxylic acids is 1.